The second-order valence-electron chi connectivity index (χ2n) is 10.1. The first-order valence-corrected chi connectivity index (χ1v) is 12.3. The molecule has 1 aliphatic carbocycles. The Labute approximate surface area is 207 Å². The van der Waals surface area contributed by atoms with E-state index in [4.69, 9.17) is 10.5 Å². The number of ether oxygens (including phenoxy) is 1. The third-order valence-corrected chi connectivity index (χ3v) is 7.33. The van der Waals surface area contributed by atoms with Crippen molar-refractivity contribution in [1.82, 2.24) is 19.6 Å². The van der Waals surface area contributed by atoms with Crippen molar-refractivity contribution < 1.29 is 13.5 Å². The third kappa shape index (κ3) is 4.22. The van der Waals surface area contributed by atoms with Crippen LogP contribution in [0.25, 0.3) is 16.8 Å². The Kier molecular flexibility index (Phi) is 5.89. The van der Waals surface area contributed by atoms with E-state index in [1.54, 1.807) is 35.2 Å². The number of benzene rings is 1. The smallest absolute Gasteiger partial charge is 0.229 e. The highest BCUT2D eigenvalue weighted by atomic mass is 19.1. The Hall–Kier alpha value is -3.43. The van der Waals surface area contributed by atoms with E-state index >= 15 is 8.78 Å². The number of nitrogens with zero attached hydrogens (tertiary/aromatic N) is 4. The van der Waals surface area contributed by atoms with Gasteiger partial charge < -0.3 is 15.8 Å². The molecule has 9 heteroatoms. The molecule has 2 aliphatic rings. The number of nitrogens with one attached hydrogen (secondary N) is 1. The average Bonchev–Trinajstić information content (AvgIpc) is 3.19. The van der Waals surface area contributed by atoms with E-state index in [-0.39, 0.29) is 23.2 Å². The molecule has 0 amide bonds. The predicted octanol–water partition coefficient (Wildman–Crippen LogP) is 5.16. The van der Waals surface area contributed by atoms with E-state index in [1.165, 1.54) is 12.1 Å². The Bertz CT molecular complexity index is 1390. The lowest BCUT2D eigenvalue weighted by Gasteiger charge is -2.32. The van der Waals surface area contributed by atoms with Gasteiger partial charge in [-0.25, -0.2) is 13.8 Å². The van der Waals surface area contributed by atoms with Gasteiger partial charge in [-0.1, -0.05) is 6.92 Å². The van der Waals surface area contributed by atoms with Crippen LogP contribution in [0.15, 0.2) is 48.9 Å². The number of anilines is 2. The normalized spacial score (nSPS) is 22.5. The van der Waals surface area contributed by atoms with Crippen molar-refractivity contribution in [1.29, 1.82) is 0 Å². The van der Waals surface area contributed by atoms with Gasteiger partial charge in [0.05, 0.1) is 48.1 Å². The van der Waals surface area contributed by atoms with Crippen LogP contribution in [-0.4, -0.2) is 38.8 Å². The van der Waals surface area contributed by atoms with E-state index in [0.717, 1.165) is 30.5 Å². The summed E-state index contributed by atoms with van der Waals surface area (Å²) in [5.74, 6) is 0.0407. The van der Waals surface area contributed by atoms with E-state index in [9.17, 15) is 0 Å². The van der Waals surface area contributed by atoms with E-state index in [0.29, 0.717) is 42.1 Å². The highest BCUT2D eigenvalue weighted by molar-refractivity contribution is 5.66. The van der Waals surface area contributed by atoms with Gasteiger partial charge in [-0.3, -0.25) is 4.98 Å². The predicted molar refractivity (Wildman–Crippen MR) is 133 cm³/mol. The van der Waals surface area contributed by atoms with Gasteiger partial charge >= 0.3 is 0 Å². The summed E-state index contributed by atoms with van der Waals surface area (Å²) in [7, 11) is 0. The van der Waals surface area contributed by atoms with Gasteiger partial charge in [0.15, 0.2) is 0 Å². The quantitative estimate of drug-likeness (QED) is 0.402. The van der Waals surface area contributed by atoms with E-state index in [1.807, 2.05) is 6.07 Å². The fourth-order valence-electron chi connectivity index (χ4n) is 5.50. The van der Waals surface area contributed by atoms with Crippen molar-refractivity contribution >= 4 is 17.2 Å². The second kappa shape index (κ2) is 9.22. The Morgan fingerprint density at radius 2 is 1.83 bits per heavy atom. The lowest BCUT2D eigenvalue weighted by molar-refractivity contribution is 0.00822. The van der Waals surface area contributed by atoms with Crippen molar-refractivity contribution in [2.45, 2.75) is 44.1 Å². The van der Waals surface area contributed by atoms with Gasteiger partial charge in [0.1, 0.15) is 11.6 Å². The number of nitrogens with two attached hydrogens (primary N) is 1. The summed E-state index contributed by atoms with van der Waals surface area (Å²) in [6.07, 6.45) is 8.22. The molecule has 0 radical (unpaired) electrons. The van der Waals surface area contributed by atoms with Crippen molar-refractivity contribution in [3.05, 3.63) is 71.7 Å². The minimum Gasteiger partial charge on any atom is -0.380 e. The first kappa shape index (κ1) is 23.0. The van der Waals surface area contributed by atoms with Crippen molar-refractivity contribution in [3.63, 3.8) is 0 Å². The summed E-state index contributed by atoms with van der Waals surface area (Å²) in [5.41, 5.74) is 9.61. The van der Waals surface area contributed by atoms with E-state index in [2.05, 4.69) is 27.3 Å². The maximum Gasteiger partial charge on any atom is 0.229 e. The number of rotatable bonds is 5. The molecule has 3 N–H and O–H groups in total. The maximum atomic E-state index is 15.0. The lowest BCUT2D eigenvalue weighted by atomic mass is 9.76. The fraction of sp³-hybridized carbons (Fsp3) is 0.370. The summed E-state index contributed by atoms with van der Waals surface area (Å²) < 4.78 is 36.8. The molecule has 4 aromatic rings. The number of imidazole rings is 1. The molecule has 4 heterocycles. The summed E-state index contributed by atoms with van der Waals surface area (Å²) in [5, 5.41) is 7.90. The molecule has 3 atom stereocenters. The molecular weight excluding hydrogens is 462 g/mol. The van der Waals surface area contributed by atoms with Gasteiger partial charge in [0.25, 0.3) is 0 Å². The molecule has 1 aromatic carbocycles. The molecule has 2 fully saturated rings. The summed E-state index contributed by atoms with van der Waals surface area (Å²) >= 11 is 0. The third-order valence-electron chi connectivity index (χ3n) is 7.33. The summed E-state index contributed by atoms with van der Waals surface area (Å²) in [6.45, 7) is 3.20. The Balaban J connectivity index is 1.34. The summed E-state index contributed by atoms with van der Waals surface area (Å²) in [6, 6.07) is 8.30. The van der Waals surface area contributed by atoms with Crippen LogP contribution < -0.4 is 11.1 Å². The minimum atomic E-state index is -0.643. The van der Waals surface area contributed by atoms with Gasteiger partial charge in [-0.15, -0.1) is 0 Å². The average molecular weight is 491 g/mol. The molecule has 1 saturated heterocycles. The van der Waals surface area contributed by atoms with Crippen LogP contribution in [0.5, 0.6) is 0 Å². The molecule has 1 aliphatic heterocycles. The SMILES string of the molecule is CC1CC(N)CC(c2ccncc2Nc2ncc3ccc(-c4c(F)cc(C5COC5)cc4F)nn23)C1. The van der Waals surface area contributed by atoms with Crippen molar-refractivity contribution in [3.8, 4) is 11.3 Å². The van der Waals surface area contributed by atoms with E-state index < -0.39 is 11.6 Å². The molecular formula is C27H28F2N6O. The second-order valence-corrected chi connectivity index (χ2v) is 10.1. The highest BCUT2D eigenvalue weighted by Crippen LogP contribution is 2.39. The molecule has 0 bridgehead atoms. The number of halogens is 2. The van der Waals surface area contributed by atoms with Crippen LogP contribution in [0.3, 0.4) is 0 Å². The monoisotopic (exact) mass is 490 g/mol. The molecule has 7 nitrogen and oxygen atoms in total. The number of aromatic nitrogens is 4. The molecule has 6 rings (SSSR count). The number of fused-ring (bicyclic) bond motifs is 1. The minimum absolute atomic E-state index is 0.0262. The first-order chi connectivity index (χ1) is 17.5. The number of hydrogen-bond acceptors (Lipinski definition) is 6. The lowest BCUT2D eigenvalue weighted by Crippen LogP contribution is -2.31. The standard InChI is InChI=1S/C27H28F2N6O/c1-15-6-17(8-19(30)7-15)21-4-5-31-12-25(21)33-27-32-11-20-2-3-24(34-35(20)27)26-22(28)9-16(10-23(26)29)18-13-36-14-18/h2-5,9-12,15,17-19H,6-8,13-14,30H2,1H3,(H,32,33). The molecule has 3 unspecified atom stereocenters. The van der Waals surface area contributed by atoms with Gasteiger partial charge in [0.2, 0.25) is 5.95 Å². The zero-order chi connectivity index (χ0) is 24.8. The molecule has 0 spiro atoms. The first-order valence-electron chi connectivity index (χ1n) is 12.3. The van der Waals surface area contributed by atoms with Crippen LogP contribution in [0.2, 0.25) is 0 Å². The van der Waals surface area contributed by atoms with Crippen molar-refractivity contribution in [2.75, 3.05) is 18.5 Å². The largest absolute Gasteiger partial charge is 0.380 e. The van der Waals surface area contributed by atoms with Gasteiger partial charge in [-0.2, -0.15) is 9.61 Å². The molecule has 36 heavy (non-hydrogen) atoms. The van der Waals surface area contributed by atoms with Crippen LogP contribution >= 0.6 is 0 Å². The van der Waals surface area contributed by atoms with Crippen LogP contribution in [0.1, 0.15) is 49.1 Å². The fourth-order valence-corrected chi connectivity index (χ4v) is 5.50. The maximum absolute atomic E-state index is 15.0. The zero-order valence-electron chi connectivity index (χ0n) is 20.0. The van der Waals surface area contributed by atoms with Crippen LogP contribution in [-0.2, 0) is 4.74 Å². The molecule has 3 aromatic heterocycles. The van der Waals surface area contributed by atoms with Gasteiger partial charge in [-0.05, 0) is 72.6 Å². The summed E-state index contributed by atoms with van der Waals surface area (Å²) in [4.78, 5) is 8.78. The van der Waals surface area contributed by atoms with Crippen LogP contribution in [0, 0.1) is 17.6 Å². The molecule has 186 valence electrons. The molecule has 1 saturated carbocycles. The zero-order valence-corrected chi connectivity index (χ0v) is 20.0. The van der Waals surface area contributed by atoms with Gasteiger partial charge in [0, 0.05) is 18.2 Å². The van der Waals surface area contributed by atoms with Crippen LogP contribution in [0.4, 0.5) is 20.4 Å². The highest BCUT2D eigenvalue weighted by Gasteiger charge is 2.28. The Morgan fingerprint density at radius 3 is 2.56 bits per heavy atom. The topological polar surface area (TPSA) is 90.4 Å². The Morgan fingerprint density at radius 1 is 1.03 bits per heavy atom. The number of hydrogen-bond donors (Lipinski definition) is 2. The van der Waals surface area contributed by atoms with Crippen molar-refractivity contribution in [2.24, 2.45) is 11.7 Å². The number of pyridine rings is 1.